The number of rotatable bonds is 3. The lowest BCUT2D eigenvalue weighted by molar-refractivity contribution is -0.163. The number of carbonyl (C=O) groups excluding carboxylic acids is 2. The molecule has 0 aromatic heterocycles. The first-order valence-corrected chi connectivity index (χ1v) is 6.51. The summed E-state index contributed by atoms with van der Waals surface area (Å²) >= 11 is 0. The summed E-state index contributed by atoms with van der Waals surface area (Å²) in [6.07, 6.45) is -0.789. The molecule has 3 unspecified atom stereocenters. The number of morpholine rings is 1. The molecule has 0 bridgehead atoms. The lowest BCUT2D eigenvalue weighted by Crippen LogP contribution is -2.49. The topological polar surface area (TPSA) is 93.1 Å². The Morgan fingerprint density at radius 1 is 1.30 bits per heavy atom. The second kappa shape index (κ2) is 5.05. The van der Waals surface area contributed by atoms with Gasteiger partial charge in [0.2, 0.25) is 5.91 Å². The first-order valence-electron chi connectivity index (χ1n) is 6.51. The summed E-state index contributed by atoms with van der Waals surface area (Å²) in [5.74, 6) is -2.89. The van der Waals surface area contributed by atoms with Gasteiger partial charge in [0.25, 0.3) is 0 Å². The molecule has 1 saturated heterocycles. The van der Waals surface area contributed by atoms with Crippen LogP contribution in [0.2, 0.25) is 0 Å². The zero-order chi connectivity index (χ0) is 15.1. The highest BCUT2D eigenvalue weighted by Crippen LogP contribution is 2.59. The molecule has 0 aromatic rings. The summed E-state index contributed by atoms with van der Waals surface area (Å²) in [5.41, 5.74) is -0.540. The molecule has 1 aliphatic carbocycles. The zero-order valence-electron chi connectivity index (χ0n) is 11.8. The predicted octanol–water partition coefficient (Wildman–Crippen LogP) is -0.256. The van der Waals surface area contributed by atoms with Crippen molar-refractivity contribution in [2.24, 2.45) is 17.3 Å². The SMILES string of the molecule is COC(=O)C1CN(C(=O)C2C(C(=O)O)C2(C)C)CCO1. The van der Waals surface area contributed by atoms with Gasteiger partial charge >= 0.3 is 11.9 Å². The van der Waals surface area contributed by atoms with E-state index in [0.717, 1.165) is 0 Å². The van der Waals surface area contributed by atoms with Crippen molar-refractivity contribution < 1.29 is 29.0 Å². The van der Waals surface area contributed by atoms with E-state index in [1.807, 2.05) is 0 Å². The van der Waals surface area contributed by atoms with Gasteiger partial charge in [-0.15, -0.1) is 0 Å². The molecule has 7 heteroatoms. The van der Waals surface area contributed by atoms with Crippen LogP contribution >= 0.6 is 0 Å². The summed E-state index contributed by atoms with van der Waals surface area (Å²) in [6.45, 7) is 4.27. The van der Waals surface area contributed by atoms with Crippen molar-refractivity contribution in [3.05, 3.63) is 0 Å². The van der Waals surface area contributed by atoms with Crippen molar-refractivity contribution in [1.29, 1.82) is 0 Å². The maximum absolute atomic E-state index is 12.4. The number of hydrogen-bond donors (Lipinski definition) is 1. The van der Waals surface area contributed by atoms with Crippen molar-refractivity contribution in [2.45, 2.75) is 20.0 Å². The molecular weight excluding hydrogens is 266 g/mol. The third-order valence-corrected chi connectivity index (χ3v) is 4.20. The second-order valence-electron chi connectivity index (χ2n) is 5.78. The van der Waals surface area contributed by atoms with Crippen molar-refractivity contribution in [3.8, 4) is 0 Å². The summed E-state index contributed by atoms with van der Waals surface area (Å²) in [4.78, 5) is 36.5. The van der Waals surface area contributed by atoms with Crippen LogP contribution in [-0.4, -0.2) is 60.8 Å². The van der Waals surface area contributed by atoms with Crippen LogP contribution in [0.3, 0.4) is 0 Å². The number of esters is 1. The maximum Gasteiger partial charge on any atom is 0.336 e. The van der Waals surface area contributed by atoms with Gasteiger partial charge in [0.1, 0.15) is 0 Å². The minimum Gasteiger partial charge on any atom is -0.481 e. The molecule has 1 amide bonds. The average molecular weight is 285 g/mol. The largest absolute Gasteiger partial charge is 0.481 e. The van der Waals surface area contributed by atoms with E-state index in [4.69, 9.17) is 9.84 Å². The third kappa shape index (κ3) is 2.37. The van der Waals surface area contributed by atoms with Gasteiger partial charge in [-0.3, -0.25) is 9.59 Å². The molecule has 2 fully saturated rings. The van der Waals surface area contributed by atoms with E-state index in [1.54, 1.807) is 13.8 Å². The highest BCUT2D eigenvalue weighted by atomic mass is 16.6. The second-order valence-corrected chi connectivity index (χ2v) is 5.78. The standard InChI is InChI=1S/C13H19NO6/c1-13(2)8(9(13)11(16)17)10(15)14-4-5-20-7(6-14)12(18)19-3/h7-9H,4-6H2,1-3H3,(H,16,17). The molecule has 2 aliphatic rings. The van der Waals surface area contributed by atoms with Crippen molar-refractivity contribution in [3.63, 3.8) is 0 Å². The van der Waals surface area contributed by atoms with Crippen LogP contribution in [0.1, 0.15) is 13.8 Å². The van der Waals surface area contributed by atoms with Gasteiger partial charge in [-0.2, -0.15) is 0 Å². The Morgan fingerprint density at radius 2 is 1.95 bits per heavy atom. The van der Waals surface area contributed by atoms with Crippen molar-refractivity contribution >= 4 is 17.8 Å². The number of carbonyl (C=O) groups is 3. The Morgan fingerprint density at radius 3 is 2.45 bits per heavy atom. The minimum absolute atomic E-state index is 0.116. The van der Waals surface area contributed by atoms with Crippen molar-refractivity contribution in [2.75, 3.05) is 26.8 Å². The van der Waals surface area contributed by atoms with Crippen molar-refractivity contribution in [1.82, 2.24) is 4.90 Å². The molecule has 0 radical (unpaired) electrons. The van der Waals surface area contributed by atoms with Gasteiger partial charge in [0.05, 0.1) is 32.1 Å². The zero-order valence-corrected chi connectivity index (χ0v) is 11.8. The molecule has 3 atom stereocenters. The first-order chi connectivity index (χ1) is 9.30. The quantitative estimate of drug-likeness (QED) is 0.718. The van der Waals surface area contributed by atoms with Crippen LogP contribution < -0.4 is 0 Å². The number of hydrogen-bond acceptors (Lipinski definition) is 5. The van der Waals surface area contributed by atoms with Gasteiger partial charge in [0.15, 0.2) is 6.10 Å². The monoisotopic (exact) mass is 285 g/mol. The smallest absolute Gasteiger partial charge is 0.336 e. The number of carboxylic acids is 1. The number of methoxy groups -OCH3 is 1. The van der Waals surface area contributed by atoms with E-state index in [-0.39, 0.29) is 19.1 Å². The van der Waals surface area contributed by atoms with E-state index in [1.165, 1.54) is 12.0 Å². The summed E-state index contributed by atoms with van der Waals surface area (Å²) in [5, 5.41) is 9.12. The summed E-state index contributed by atoms with van der Waals surface area (Å²) in [7, 11) is 1.26. The predicted molar refractivity (Wildman–Crippen MR) is 66.7 cm³/mol. The Balaban J connectivity index is 2.03. The highest BCUT2D eigenvalue weighted by Gasteiger charge is 2.66. The molecule has 20 heavy (non-hydrogen) atoms. The number of amides is 1. The first kappa shape index (κ1) is 14.8. The van der Waals surface area contributed by atoms with Gasteiger partial charge in [-0.1, -0.05) is 13.8 Å². The van der Waals surface area contributed by atoms with Crippen LogP contribution in [0.15, 0.2) is 0 Å². The fourth-order valence-corrected chi connectivity index (χ4v) is 2.88. The van der Waals surface area contributed by atoms with E-state index in [0.29, 0.717) is 6.54 Å². The number of nitrogens with zero attached hydrogens (tertiary/aromatic N) is 1. The fraction of sp³-hybridized carbons (Fsp3) is 0.769. The molecule has 2 rings (SSSR count). The van der Waals surface area contributed by atoms with Crippen LogP contribution in [0, 0.1) is 17.3 Å². The van der Waals surface area contributed by atoms with Gasteiger partial charge < -0.3 is 19.5 Å². The molecule has 1 N–H and O–H groups in total. The summed E-state index contributed by atoms with van der Waals surface area (Å²) < 4.78 is 9.85. The number of carboxylic acid groups (broad SMARTS) is 1. The average Bonchev–Trinajstić information content (AvgIpc) is 3.00. The highest BCUT2D eigenvalue weighted by molar-refractivity contribution is 5.92. The number of aliphatic carboxylic acids is 1. The van der Waals surface area contributed by atoms with Gasteiger partial charge in [-0.05, 0) is 5.41 Å². The van der Waals surface area contributed by atoms with Gasteiger partial charge in [0, 0.05) is 6.54 Å². The lowest BCUT2D eigenvalue weighted by Gasteiger charge is -2.32. The van der Waals surface area contributed by atoms with Crippen LogP contribution in [-0.2, 0) is 23.9 Å². The molecular formula is C13H19NO6. The molecule has 1 heterocycles. The van der Waals surface area contributed by atoms with Gasteiger partial charge in [-0.25, -0.2) is 4.79 Å². The number of ether oxygens (including phenoxy) is 2. The Bertz CT molecular complexity index is 446. The lowest BCUT2D eigenvalue weighted by atomic mass is 10.1. The van der Waals surface area contributed by atoms with E-state index >= 15 is 0 Å². The minimum atomic E-state index is -0.953. The molecule has 7 nitrogen and oxygen atoms in total. The molecule has 0 aromatic carbocycles. The Kier molecular flexibility index (Phi) is 3.73. The Hall–Kier alpha value is -1.63. The van der Waals surface area contributed by atoms with Crippen LogP contribution in [0.5, 0.6) is 0 Å². The fourth-order valence-electron chi connectivity index (χ4n) is 2.88. The molecule has 1 aliphatic heterocycles. The molecule has 1 saturated carbocycles. The van der Waals surface area contributed by atoms with E-state index in [2.05, 4.69) is 4.74 Å². The normalized spacial score (nSPS) is 31.6. The molecule has 0 spiro atoms. The maximum atomic E-state index is 12.4. The molecule has 112 valence electrons. The van der Waals surface area contributed by atoms with Crippen LogP contribution in [0.25, 0.3) is 0 Å². The summed E-state index contributed by atoms with van der Waals surface area (Å²) in [6, 6.07) is 0. The van der Waals surface area contributed by atoms with E-state index in [9.17, 15) is 14.4 Å². The van der Waals surface area contributed by atoms with E-state index < -0.39 is 35.3 Å². The van der Waals surface area contributed by atoms with Crippen LogP contribution in [0.4, 0.5) is 0 Å². The Labute approximate surface area is 116 Å². The third-order valence-electron chi connectivity index (χ3n) is 4.20.